The second kappa shape index (κ2) is 7.54. The predicted molar refractivity (Wildman–Crippen MR) is 105 cm³/mol. The minimum atomic E-state index is -3.96. The van der Waals surface area contributed by atoms with Crippen molar-refractivity contribution in [3.63, 3.8) is 0 Å². The molecule has 2 aliphatic rings. The molecule has 0 heterocycles. The van der Waals surface area contributed by atoms with Gasteiger partial charge in [-0.3, -0.25) is 9.10 Å². The molecule has 1 amide bonds. The first kappa shape index (κ1) is 18.9. The summed E-state index contributed by atoms with van der Waals surface area (Å²) in [5, 5.41) is 3.03. The number of carbonyl (C=O) groups excluding carboxylic acids is 1. The number of hydrogen-bond donors (Lipinski definition) is 1. The van der Waals surface area contributed by atoms with Gasteiger partial charge in [0.25, 0.3) is 10.0 Å². The van der Waals surface area contributed by atoms with Crippen molar-refractivity contribution >= 4 is 21.6 Å². The highest BCUT2D eigenvalue weighted by atomic mass is 32.2. The molecule has 5 nitrogen and oxygen atoms in total. The zero-order valence-corrected chi connectivity index (χ0v) is 16.2. The number of hydrogen-bond acceptors (Lipinski definition) is 3. The van der Waals surface area contributed by atoms with E-state index in [2.05, 4.69) is 5.32 Å². The average molecular weight is 402 g/mol. The lowest BCUT2D eigenvalue weighted by Crippen LogP contribution is -2.46. The number of rotatable bonds is 6. The average Bonchev–Trinajstić information content (AvgIpc) is 3.31. The quantitative estimate of drug-likeness (QED) is 0.806. The molecule has 0 unspecified atom stereocenters. The molecule has 2 aromatic rings. The van der Waals surface area contributed by atoms with E-state index >= 15 is 0 Å². The summed E-state index contributed by atoms with van der Waals surface area (Å²) < 4.78 is 40.7. The van der Waals surface area contributed by atoms with Gasteiger partial charge in [0.15, 0.2) is 0 Å². The molecule has 7 heteroatoms. The minimum absolute atomic E-state index is 0.0899. The van der Waals surface area contributed by atoms with E-state index in [9.17, 15) is 17.6 Å². The summed E-state index contributed by atoms with van der Waals surface area (Å²) in [5.41, 5.74) is 0.258. The van der Waals surface area contributed by atoms with Crippen molar-refractivity contribution in [1.29, 1.82) is 0 Å². The predicted octanol–water partition coefficient (Wildman–Crippen LogP) is 3.33. The first-order valence-corrected chi connectivity index (χ1v) is 11.0. The molecule has 0 saturated heterocycles. The van der Waals surface area contributed by atoms with Crippen molar-refractivity contribution in [3.8, 4) is 0 Å². The van der Waals surface area contributed by atoms with Crippen LogP contribution in [-0.4, -0.2) is 26.9 Å². The highest BCUT2D eigenvalue weighted by Gasteiger charge is 2.40. The van der Waals surface area contributed by atoms with E-state index in [1.165, 1.54) is 42.8 Å². The fourth-order valence-electron chi connectivity index (χ4n) is 4.45. The van der Waals surface area contributed by atoms with Gasteiger partial charge in [-0.05, 0) is 67.5 Å². The van der Waals surface area contributed by atoms with Gasteiger partial charge < -0.3 is 5.32 Å². The van der Waals surface area contributed by atoms with Gasteiger partial charge in [0.2, 0.25) is 5.91 Å². The van der Waals surface area contributed by atoms with Gasteiger partial charge in [-0.2, -0.15) is 0 Å². The fourth-order valence-corrected chi connectivity index (χ4v) is 5.89. The normalized spacial score (nSPS) is 23.5. The lowest BCUT2D eigenvalue weighted by atomic mass is 9.95. The summed E-state index contributed by atoms with van der Waals surface area (Å²) in [4.78, 5) is 12.8. The summed E-state index contributed by atoms with van der Waals surface area (Å²) in [5.74, 6) is 0.379. The highest BCUT2D eigenvalue weighted by Crippen LogP contribution is 2.44. The molecule has 2 fully saturated rings. The Hall–Kier alpha value is -2.41. The molecule has 0 spiro atoms. The monoisotopic (exact) mass is 402 g/mol. The molecule has 2 bridgehead atoms. The zero-order valence-electron chi connectivity index (χ0n) is 15.4. The third-order valence-electron chi connectivity index (χ3n) is 5.82. The summed E-state index contributed by atoms with van der Waals surface area (Å²) in [6.07, 6.45) is 4.47. The van der Waals surface area contributed by atoms with Crippen molar-refractivity contribution in [2.75, 3.05) is 10.8 Å². The number of sulfonamides is 1. The summed E-state index contributed by atoms with van der Waals surface area (Å²) >= 11 is 0. The van der Waals surface area contributed by atoms with Crippen LogP contribution in [0.3, 0.4) is 0 Å². The zero-order chi connectivity index (χ0) is 19.7. The van der Waals surface area contributed by atoms with E-state index in [0.29, 0.717) is 11.8 Å². The molecule has 148 valence electrons. The van der Waals surface area contributed by atoms with Gasteiger partial charge in [-0.15, -0.1) is 0 Å². The Bertz CT molecular complexity index is 947. The summed E-state index contributed by atoms with van der Waals surface area (Å²) in [6, 6.07) is 13.2. The van der Waals surface area contributed by atoms with Crippen LogP contribution in [0.4, 0.5) is 10.1 Å². The Balaban J connectivity index is 1.58. The van der Waals surface area contributed by atoms with E-state index in [4.69, 9.17) is 0 Å². The van der Waals surface area contributed by atoms with E-state index in [1.807, 2.05) is 0 Å². The Morgan fingerprint density at radius 1 is 1.04 bits per heavy atom. The van der Waals surface area contributed by atoms with Crippen LogP contribution >= 0.6 is 0 Å². The largest absolute Gasteiger partial charge is 0.352 e. The number of anilines is 1. The number of nitrogens with zero attached hydrogens (tertiary/aromatic N) is 1. The Morgan fingerprint density at radius 2 is 1.75 bits per heavy atom. The van der Waals surface area contributed by atoms with Gasteiger partial charge in [0.05, 0.1) is 10.6 Å². The first-order valence-electron chi connectivity index (χ1n) is 9.56. The van der Waals surface area contributed by atoms with Crippen molar-refractivity contribution in [3.05, 3.63) is 60.4 Å². The summed E-state index contributed by atoms with van der Waals surface area (Å²) in [7, 11) is -3.96. The van der Waals surface area contributed by atoms with E-state index in [-0.39, 0.29) is 29.1 Å². The summed E-state index contributed by atoms with van der Waals surface area (Å²) in [6.45, 7) is -0.337. The van der Waals surface area contributed by atoms with Gasteiger partial charge in [0, 0.05) is 6.04 Å². The van der Waals surface area contributed by atoms with Crippen LogP contribution in [0, 0.1) is 17.7 Å². The topological polar surface area (TPSA) is 66.5 Å². The molecule has 0 radical (unpaired) electrons. The van der Waals surface area contributed by atoms with Gasteiger partial charge in [-0.25, -0.2) is 12.8 Å². The van der Waals surface area contributed by atoms with Crippen molar-refractivity contribution in [2.45, 2.75) is 36.6 Å². The first-order chi connectivity index (χ1) is 13.4. The maximum atomic E-state index is 13.3. The number of nitrogens with one attached hydrogen (secondary N) is 1. The number of halogens is 1. The molecular weight excluding hydrogens is 379 g/mol. The molecule has 4 rings (SSSR count). The molecule has 2 aromatic carbocycles. The molecule has 0 aromatic heterocycles. The number of carbonyl (C=O) groups is 1. The van der Waals surface area contributed by atoms with Crippen LogP contribution in [0.5, 0.6) is 0 Å². The van der Waals surface area contributed by atoms with Crippen LogP contribution in [0.2, 0.25) is 0 Å². The highest BCUT2D eigenvalue weighted by molar-refractivity contribution is 7.92. The molecule has 3 atom stereocenters. The number of amides is 1. The van der Waals surface area contributed by atoms with Crippen LogP contribution in [0.1, 0.15) is 25.7 Å². The number of benzene rings is 2. The Kier molecular flexibility index (Phi) is 5.10. The van der Waals surface area contributed by atoms with Gasteiger partial charge in [-0.1, -0.05) is 24.6 Å². The van der Waals surface area contributed by atoms with Crippen LogP contribution in [-0.2, 0) is 14.8 Å². The SMILES string of the molecule is O=C(CN(c1ccc(F)cc1)S(=O)(=O)c1ccccc1)N[C@H]1C[C@H]2CC[C@H]1C2. The van der Waals surface area contributed by atoms with Crippen molar-refractivity contribution < 1.29 is 17.6 Å². The molecule has 28 heavy (non-hydrogen) atoms. The maximum Gasteiger partial charge on any atom is 0.264 e. The maximum absolute atomic E-state index is 13.3. The molecule has 0 aliphatic heterocycles. The second-order valence-electron chi connectivity index (χ2n) is 7.65. The van der Waals surface area contributed by atoms with E-state index in [0.717, 1.165) is 23.6 Å². The molecule has 1 N–H and O–H groups in total. The van der Waals surface area contributed by atoms with E-state index in [1.54, 1.807) is 18.2 Å². The molecule has 2 aliphatic carbocycles. The van der Waals surface area contributed by atoms with Crippen LogP contribution in [0.15, 0.2) is 59.5 Å². The standard InChI is InChI=1S/C21H23FN2O3S/c22-17-8-10-18(11-9-17)24(28(26,27)19-4-2-1-3-5-19)14-21(25)23-20-13-15-6-7-16(20)12-15/h1-5,8-11,15-16,20H,6-7,12-14H2,(H,23,25)/t15-,16-,20-/m0/s1. The second-order valence-corrected chi connectivity index (χ2v) is 9.51. The smallest absolute Gasteiger partial charge is 0.264 e. The lowest BCUT2D eigenvalue weighted by molar-refractivity contribution is -0.120. The van der Waals surface area contributed by atoms with Crippen molar-refractivity contribution in [2.24, 2.45) is 11.8 Å². The van der Waals surface area contributed by atoms with E-state index < -0.39 is 15.8 Å². The van der Waals surface area contributed by atoms with Crippen LogP contribution in [0.25, 0.3) is 0 Å². The third-order valence-corrected chi connectivity index (χ3v) is 7.61. The Morgan fingerprint density at radius 3 is 2.36 bits per heavy atom. The fraction of sp³-hybridized carbons (Fsp3) is 0.381. The van der Waals surface area contributed by atoms with Gasteiger partial charge in [0.1, 0.15) is 12.4 Å². The molecular formula is C21H23FN2O3S. The van der Waals surface area contributed by atoms with Crippen LogP contribution < -0.4 is 9.62 Å². The number of fused-ring (bicyclic) bond motifs is 2. The Labute approximate surface area is 164 Å². The molecule has 2 saturated carbocycles. The van der Waals surface area contributed by atoms with Crippen molar-refractivity contribution in [1.82, 2.24) is 5.32 Å². The third kappa shape index (κ3) is 3.76. The van der Waals surface area contributed by atoms with Gasteiger partial charge >= 0.3 is 0 Å². The lowest BCUT2D eigenvalue weighted by Gasteiger charge is -2.27. The minimum Gasteiger partial charge on any atom is -0.352 e.